The van der Waals surface area contributed by atoms with Gasteiger partial charge in [0.05, 0.1) is 4.90 Å². The van der Waals surface area contributed by atoms with Crippen LogP contribution < -0.4 is 4.72 Å². The van der Waals surface area contributed by atoms with E-state index in [-0.39, 0.29) is 22.4 Å². The van der Waals surface area contributed by atoms with Gasteiger partial charge in [-0.1, -0.05) is 32.9 Å². The number of carbonyl (C=O) groups excluding carboxylic acids is 1. The van der Waals surface area contributed by atoms with Crippen LogP contribution in [0.5, 0.6) is 0 Å². The summed E-state index contributed by atoms with van der Waals surface area (Å²) in [4.78, 5) is 14.0. The fraction of sp³-hybridized carbons (Fsp3) is 0.650. The lowest BCUT2D eigenvalue weighted by atomic mass is 9.87. The first-order valence-electron chi connectivity index (χ1n) is 9.39. The van der Waals surface area contributed by atoms with Crippen molar-refractivity contribution in [2.45, 2.75) is 76.3 Å². The van der Waals surface area contributed by atoms with Crippen molar-refractivity contribution in [3.8, 4) is 0 Å². The number of ether oxygens (including phenoxy) is 1. The van der Waals surface area contributed by atoms with Crippen LogP contribution >= 0.6 is 0 Å². The second-order valence-electron chi connectivity index (χ2n) is 9.14. The zero-order valence-corrected chi connectivity index (χ0v) is 18.0. The Morgan fingerprint density at radius 1 is 1.04 bits per heavy atom. The van der Waals surface area contributed by atoms with Crippen LogP contribution in [0, 0.1) is 0 Å². The Labute approximate surface area is 163 Å². The number of piperidine rings is 1. The summed E-state index contributed by atoms with van der Waals surface area (Å²) in [6, 6.07) is 6.84. The summed E-state index contributed by atoms with van der Waals surface area (Å²) in [5.74, 6) is 0. The molecule has 1 fully saturated rings. The van der Waals surface area contributed by atoms with Crippen LogP contribution in [0.15, 0.2) is 29.2 Å². The van der Waals surface area contributed by atoms with E-state index in [1.165, 1.54) is 0 Å². The maximum absolute atomic E-state index is 12.6. The number of nitrogens with one attached hydrogen (secondary N) is 1. The molecule has 0 radical (unpaired) electrons. The number of likely N-dealkylation sites (tertiary alicyclic amines) is 1. The molecule has 1 amide bonds. The SMILES string of the molecule is CC(C)(C)OC(=O)N1CCC(NS(=O)(=O)c2ccc(C(C)(C)C)cc2)CC1. The van der Waals surface area contributed by atoms with Gasteiger partial charge in [-0.3, -0.25) is 0 Å². The van der Waals surface area contributed by atoms with E-state index in [9.17, 15) is 13.2 Å². The molecule has 1 aliphatic heterocycles. The summed E-state index contributed by atoms with van der Waals surface area (Å²) in [5.41, 5.74) is 0.533. The highest BCUT2D eigenvalue weighted by Gasteiger charge is 2.29. The van der Waals surface area contributed by atoms with Gasteiger partial charge >= 0.3 is 6.09 Å². The van der Waals surface area contributed by atoms with Crippen molar-refractivity contribution in [1.29, 1.82) is 0 Å². The Hall–Kier alpha value is -1.60. The van der Waals surface area contributed by atoms with E-state index >= 15 is 0 Å². The number of rotatable bonds is 3. The third kappa shape index (κ3) is 6.21. The maximum atomic E-state index is 12.6. The quantitative estimate of drug-likeness (QED) is 0.846. The molecule has 0 saturated carbocycles. The fourth-order valence-electron chi connectivity index (χ4n) is 2.93. The molecule has 1 saturated heterocycles. The lowest BCUT2D eigenvalue weighted by Crippen LogP contribution is -2.47. The predicted octanol–water partition coefficient (Wildman–Crippen LogP) is 3.66. The molecular weight excluding hydrogens is 364 g/mol. The molecule has 1 N–H and O–H groups in total. The minimum Gasteiger partial charge on any atom is -0.444 e. The van der Waals surface area contributed by atoms with E-state index in [0.717, 1.165) is 5.56 Å². The number of hydrogen-bond donors (Lipinski definition) is 1. The first kappa shape index (κ1) is 21.7. The van der Waals surface area contributed by atoms with E-state index < -0.39 is 15.6 Å². The Kier molecular flexibility index (Phi) is 6.26. The standard InChI is InChI=1S/C20H32N2O4S/c1-19(2,3)15-7-9-17(10-8-15)27(24,25)21-16-11-13-22(14-12-16)18(23)26-20(4,5)6/h7-10,16,21H,11-14H2,1-6H3. The number of carbonyl (C=O) groups is 1. The van der Waals surface area contributed by atoms with Gasteiger partial charge in [0, 0.05) is 19.1 Å². The van der Waals surface area contributed by atoms with E-state index in [1.54, 1.807) is 17.0 Å². The normalized spacial score (nSPS) is 17.0. The van der Waals surface area contributed by atoms with Crippen LogP contribution in [0.4, 0.5) is 4.79 Å². The summed E-state index contributed by atoms with van der Waals surface area (Å²) < 4.78 is 33.4. The van der Waals surface area contributed by atoms with Gasteiger partial charge in [-0.05, 0) is 56.7 Å². The fourth-order valence-corrected chi connectivity index (χ4v) is 4.23. The van der Waals surface area contributed by atoms with Gasteiger partial charge in [-0.2, -0.15) is 0 Å². The molecule has 0 atom stereocenters. The van der Waals surface area contributed by atoms with Gasteiger partial charge in [0.2, 0.25) is 10.0 Å². The highest BCUT2D eigenvalue weighted by atomic mass is 32.2. The van der Waals surface area contributed by atoms with Crippen molar-refractivity contribution in [1.82, 2.24) is 9.62 Å². The van der Waals surface area contributed by atoms with Crippen LogP contribution in [0.2, 0.25) is 0 Å². The molecule has 27 heavy (non-hydrogen) atoms. The van der Waals surface area contributed by atoms with Crippen molar-refractivity contribution in [3.05, 3.63) is 29.8 Å². The number of nitrogens with zero attached hydrogens (tertiary/aromatic N) is 1. The van der Waals surface area contributed by atoms with Crippen molar-refractivity contribution in [3.63, 3.8) is 0 Å². The molecule has 1 aliphatic rings. The van der Waals surface area contributed by atoms with E-state index in [2.05, 4.69) is 25.5 Å². The van der Waals surface area contributed by atoms with Gasteiger partial charge in [0.25, 0.3) is 0 Å². The molecule has 0 spiro atoms. The summed E-state index contributed by atoms with van der Waals surface area (Å²) in [5, 5.41) is 0. The second-order valence-corrected chi connectivity index (χ2v) is 10.9. The van der Waals surface area contributed by atoms with E-state index in [0.29, 0.717) is 25.9 Å². The monoisotopic (exact) mass is 396 g/mol. The molecule has 7 heteroatoms. The molecule has 0 aliphatic carbocycles. The Morgan fingerprint density at radius 3 is 2.00 bits per heavy atom. The maximum Gasteiger partial charge on any atom is 0.410 e. The lowest BCUT2D eigenvalue weighted by Gasteiger charge is -2.33. The molecule has 2 rings (SSSR count). The second kappa shape index (κ2) is 7.80. The van der Waals surface area contributed by atoms with Crippen molar-refractivity contribution in [2.75, 3.05) is 13.1 Å². The molecule has 152 valence electrons. The number of hydrogen-bond acceptors (Lipinski definition) is 4. The predicted molar refractivity (Wildman–Crippen MR) is 106 cm³/mol. The molecule has 1 aromatic rings. The zero-order valence-electron chi connectivity index (χ0n) is 17.2. The number of sulfonamides is 1. The van der Waals surface area contributed by atoms with Crippen LogP contribution in [-0.4, -0.2) is 44.1 Å². The Morgan fingerprint density at radius 2 is 1.56 bits per heavy atom. The average molecular weight is 397 g/mol. The van der Waals surface area contributed by atoms with Crippen molar-refractivity contribution < 1.29 is 17.9 Å². The molecular formula is C20H32N2O4S. The molecule has 0 bridgehead atoms. The average Bonchev–Trinajstić information content (AvgIpc) is 2.53. The van der Waals surface area contributed by atoms with Gasteiger partial charge < -0.3 is 9.64 Å². The third-order valence-corrected chi connectivity index (χ3v) is 6.04. The zero-order chi connectivity index (χ0) is 20.5. The largest absolute Gasteiger partial charge is 0.444 e. The first-order valence-corrected chi connectivity index (χ1v) is 10.9. The van der Waals surface area contributed by atoms with Gasteiger partial charge in [0.1, 0.15) is 5.60 Å². The van der Waals surface area contributed by atoms with E-state index in [1.807, 2.05) is 32.9 Å². The van der Waals surface area contributed by atoms with E-state index in [4.69, 9.17) is 4.74 Å². The van der Waals surface area contributed by atoms with Crippen molar-refractivity contribution in [2.24, 2.45) is 0 Å². The van der Waals surface area contributed by atoms with Crippen molar-refractivity contribution >= 4 is 16.1 Å². The summed E-state index contributed by atoms with van der Waals surface area (Å²) in [6.45, 7) is 12.7. The minimum atomic E-state index is -3.57. The van der Waals surface area contributed by atoms with Crippen LogP contribution in [-0.2, 0) is 20.2 Å². The minimum absolute atomic E-state index is 0.0236. The third-order valence-electron chi connectivity index (χ3n) is 4.50. The van der Waals surface area contributed by atoms with Gasteiger partial charge in [-0.25, -0.2) is 17.9 Å². The van der Waals surface area contributed by atoms with Crippen LogP contribution in [0.3, 0.4) is 0 Å². The summed E-state index contributed by atoms with van der Waals surface area (Å²) in [7, 11) is -3.57. The molecule has 6 nitrogen and oxygen atoms in total. The molecule has 1 aromatic carbocycles. The summed E-state index contributed by atoms with van der Waals surface area (Å²) in [6.07, 6.45) is 0.790. The van der Waals surface area contributed by atoms with Gasteiger partial charge in [0.15, 0.2) is 0 Å². The lowest BCUT2D eigenvalue weighted by molar-refractivity contribution is 0.0203. The smallest absolute Gasteiger partial charge is 0.410 e. The number of amides is 1. The highest BCUT2D eigenvalue weighted by molar-refractivity contribution is 7.89. The molecule has 1 heterocycles. The Bertz CT molecular complexity index is 751. The first-order chi connectivity index (χ1) is 12.3. The number of benzene rings is 1. The Balaban J connectivity index is 1.95. The highest BCUT2D eigenvalue weighted by Crippen LogP contribution is 2.24. The van der Waals surface area contributed by atoms with Crippen LogP contribution in [0.25, 0.3) is 0 Å². The summed E-state index contributed by atoms with van der Waals surface area (Å²) >= 11 is 0. The van der Waals surface area contributed by atoms with Crippen LogP contribution in [0.1, 0.15) is 59.9 Å². The topological polar surface area (TPSA) is 75.7 Å². The molecule has 0 unspecified atom stereocenters. The van der Waals surface area contributed by atoms with Gasteiger partial charge in [-0.15, -0.1) is 0 Å². The molecule has 0 aromatic heterocycles.